The van der Waals surface area contributed by atoms with Crippen LogP contribution < -0.4 is 0 Å². The Hall–Kier alpha value is -1.84. The molecule has 0 saturated carbocycles. The maximum atomic E-state index is 8.29. The molecule has 0 saturated heterocycles. The molecule has 4 nitrogen and oxygen atoms in total. The summed E-state index contributed by atoms with van der Waals surface area (Å²) < 4.78 is 1.74. The van der Waals surface area contributed by atoms with E-state index in [-0.39, 0.29) is 0 Å². The van der Waals surface area contributed by atoms with Crippen molar-refractivity contribution >= 4 is 11.7 Å². The van der Waals surface area contributed by atoms with Crippen molar-refractivity contribution in [3.05, 3.63) is 36.2 Å². The van der Waals surface area contributed by atoms with Gasteiger partial charge in [-0.1, -0.05) is 5.16 Å². The Kier molecular flexibility index (Phi) is 1.51. The average Bonchev–Trinajstić information content (AvgIpc) is 2.51. The molecule has 2 heterocycles. The third-order valence-corrected chi connectivity index (χ3v) is 1.63. The summed E-state index contributed by atoms with van der Waals surface area (Å²) >= 11 is 0. The van der Waals surface area contributed by atoms with Crippen LogP contribution in [-0.2, 0) is 0 Å². The highest BCUT2D eigenvalue weighted by Gasteiger charge is 1.93. The van der Waals surface area contributed by atoms with Crippen molar-refractivity contribution in [2.45, 2.75) is 0 Å². The lowest BCUT2D eigenvalue weighted by Crippen LogP contribution is -1.88. The van der Waals surface area contributed by atoms with Crippen molar-refractivity contribution in [2.24, 2.45) is 5.16 Å². The van der Waals surface area contributed by atoms with Gasteiger partial charge in [-0.2, -0.15) is 5.10 Å². The Morgan fingerprint density at radius 2 is 2.42 bits per heavy atom. The molecule has 0 spiro atoms. The fourth-order valence-corrected chi connectivity index (χ4v) is 1.09. The number of oxime groups is 1. The van der Waals surface area contributed by atoms with Gasteiger partial charge in [-0.15, -0.1) is 0 Å². The molecule has 0 bridgehead atoms. The van der Waals surface area contributed by atoms with Crippen LogP contribution in [0.4, 0.5) is 0 Å². The van der Waals surface area contributed by atoms with Gasteiger partial charge in [0, 0.05) is 12.4 Å². The van der Waals surface area contributed by atoms with Gasteiger partial charge in [0.1, 0.15) is 0 Å². The van der Waals surface area contributed by atoms with Crippen LogP contribution >= 0.6 is 0 Å². The highest BCUT2D eigenvalue weighted by atomic mass is 16.4. The van der Waals surface area contributed by atoms with Crippen LogP contribution in [0.25, 0.3) is 5.52 Å². The van der Waals surface area contributed by atoms with Crippen LogP contribution in [0.5, 0.6) is 0 Å². The molecule has 0 atom stereocenters. The van der Waals surface area contributed by atoms with E-state index in [1.807, 2.05) is 24.4 Å². The predicted octanol–water partition coefficient (Wildman–Crippen LogP) is 1.14. The number of hydrogen-bond donors (Lipinski definition) is 1. The van der Waals surface area contributed by atoms with Crippen molar-refractivity contribution in [2.75, 3.05) is 0 Å². The second-order valence-corrected chi connectivity index (χ2v) is 2.41. The third kappa shape index (κ3) is 1.03. The first-order valence-electron chi connectivity index (χ1n) is 3.51. The SMILES string of the molecule is ON=Cc1ccn2nccc2c1. The fourth-order valence-electron chi connectivity index (χ4n) is 1.09. The summed E-state index contributed by atoms with van der Waals surface area (Å²) in [6.45, 7) is 0. The Labute approximate surface area is 68.7 Å². The highest BCUT2D eigenvalue weighted by molar-refractivity contribution is 5.80. The van der Waals surface area contributed by atoms with Gasteiger partial charge in [-0.25, -0.2) is 4.52 Å². The van der Waals surface area contributed by atoms with Gasteiger partial charge in [0.05, 0.1) is 11.7 Å². The first-order valence-corrected chi connectivity index (χ1v) is 3.51. The number of fused-ring (bicyclic) bond motifs is 1. The molecule has 0 aliphatic heterocycles. The Morgan fingerprint density at radius 1 is 1.50 bits per heavy atom. The molecule has 60 valence electrons. The summed E-state index contributed by atoms with van der Waals surface area (Å²) in [4.78, 5) is 0. The van der Waals surface area contributed by atoms with E-state index >= 15 is 0 Å². The minimum atomic E-state index is 0.852. The molecule has 2 aromatic rings. The van der Waals surface area contributed by atoms with Gasteiger partial charge in [0.2, 0.25) is 0 Å². The van der Waals surface area contributed by atoms with Crippen LogP contribution in [0.2, 0.25) is 0 Å². The zero-order valence-electron chi connectivity index (χ0n) is 6.25. The van der Waals surface area contributed by atoms with E-state index in [0.29, 0.717) is 0 Å². The van der Waals surface area contributed by atoms with E-state index in [4.69, 9.17) is 5.21 Å². The summed E-state index contributed by atoms with van der Waals surface area (Å²) in [5, 5.41) is 15.3. The topological polar surface area (TPSA) is 49.9 Å². The number of nitrogens with zero attached hydrogens (tertiary/aromatic N) is 3. The zero-order valence-corrected chi connectivity index (χ0v) is 6.25. The first-order chi connectivity index (χ1) is 5.90. The predicted molar refractivity (Wildman–Crippen MR) is 44.6 cm³/mol. The molecule has 0 radical (unpaired) electrons. The lowest BCUT2D eigenvalue weighted by atomic mass is 10.3. The molecule has 0 aromatic carbocycles. The molecule has 12 heavy (non-hydrogen) atoms. The second kappa shape index (κ2) is 2.65. The normalized spacial score (nSPS) is 11.3. The van der Waals surface area contributed by atoms with E-state index in [1.54, 1.807) is 10.7 Å². The number of aromatic nitrogens is 2. The second-order valence-electron chi connectivity index (χ2n) is 2.41. The molecular formula is C8H7N3O. The lowest BCUT2D eigenvalue weighted by molar-refractivity contribution is 0.322. The highest BCUT2D eigenvalue weighted by Crippen LogP contribution is 2.03. The maximum Gasteiger partial charge on any atom is 0.0735 e. The van der Waals surface area contributed by atoms with Crippen molar-refractivity contribution in [1.29, 1.82) is 0 Å². The average molecular weight is 161 g/mol. The molecule has 4 heteroatoms. The van der Waals surface area contributed by atoms with Crippen LogP contribution in [0.1, 0.15) is 5.56 Å². The van der Waals surface area contributed by atoms with Gasteiger partial charge in [0.15, 0.2) is 0 Å². The molecular weight excluding hydrogens is 154 g/mol. The van der Waals surface area contributed by atoms with Crippen molar-refractivity contribution in [3.8, 4) is 0 Å². The summed E-state index contributed by atoms with van der Waals surface area (Å²) in [5.41, 5.74) is 1.83. The molecule has 0 amide bonds. The van der Waals surface area contributed by atoms with E-state index < -0.39 is 0 Å². The molecule has 0 aliphatic rings. The van der Waals surface area contributed by atoms with Crippen LogP contribution in [0, 0.1) is 0 Å². The Balaban J connectivity index is 2.60. The lowest BCUT2D eigenvalue weighted by Gasteiger charge is -1.93. The monoisotopic (exact) mass is 161 g/mol. The first kappa shape index (κ1) is 6.84. The fraction of sp³-hybridized carbons (Fsp3) is 0. The van der Waals surface area contributed by atoms with Gasteiger partial charge in [-0.3, -0.25) is 0 Å². The van der Waals surface area contributed by atoms with E-state index in [0.717, 1.165) is 11.1 Å². The molecule has 0 aliphatic carbocycles. The third-order valence-electron chi connectivity index (χ3n) is 1.63. The smallest absolute Gasteiger partial charge is 0.0735 e. The van der Waals surface area contributed by atoms with E-state index in [9.17, 15) is 0 Å². The molecule has 0 fully saturated rings. The van der Waals surface area contributed by atoms with Crippen molar-refractivity contribution in [1.82, 2.24) is 9.61 Å². The van der Waals surface area contributed by atoms with Gasteiger partial charge in [0.25, 0.3) is 0 Å². The van der Waals surface area contributed by atoms with Crippen LogP contribution in [-0.4, -0.2) is 21.0 Å². The van der Waals surface area contributed by atoms with Gasteiger partial charge in [-0.05, 0) is 23.8 Å². The minimum absolute atomic E-state index is 0.852. The number of hydrogen-bond acceptors (Lipinski definition) is 3. The molecule has 2 aromatic heterocycles. The molecule has 0 unspecified atom stereocenters. The van der Waals surface area contributed by atoms with Crippen LogP contribution in [0.3, 0.4) is 0 Å². The Morgan fingerprint density at radius 3 is 3.25 bits per heavy atom. The Bertz CT molecular complexity index is 419. The zero-order chi connectivity index (χ0) is 8.39. The number of pyridine rings is 1. The standard InChI is InChI=1S/C8H7N3O/c12-10-6-7-2-4-11-8(5-7)1-3-9-11/h1-6,12H. The van der Waals surface area contributed by atoms with Crippen molar-refractivity contribution in [3.63, 3.8) is 0 Å². The summed E-state index contributed by atoms with van der Waals surface area (Å²) in [6.07, 6.45) is 4.91. The van der Waals surface area contributed by atoms with Gasteiger partial charge < -0.3 is 5.21 Å². The molecule has 2 rings (SSSR count). The number of rotatable bonds is 1. The van der Waals surface area contributed by atoms with Crippen molar-refractivity contribution < 1.29 is 5.21 Å². The van der Waals surface area contributed by atoms with Gasteiger partial charge >= 0.3 is 0 Å². The van der Waals surface area contributed by atoms with Crippen LogP contribution in [0.15, 0.2) is 35.7 Å². The van der Waals surface area contributed by atoms with E-state index in [2.05, 4.69) is 10.3 Å². The van der Waals surface area contributed by atoms with E-state index in [1.165, 1.54) is 6.21 Å². The maximum absolute atomic E-state index is 8.29. The quantitative estimate of drug-likeness (QED) is 0.387. The minimum Gasteiger partial charge on any atom is -0.411 e. The molecule has 1 N–H and O–H groups in total. The summed E-state index contributed by atoms with van der Waals surface area (Å²) in [6, 6.07) is 5.58. The summed E-state index contributed by atoms with van der Waals surface area (Å²) in [7, 11) is 0. The largest absolute Gasteiger partial charge is 0.411 e. The summed E-state index contributed by atoms with van der Waals surface area (Å²) in [5.74, 6) is 0.